The number of hydrogen-bond acceptors (Lipinski definition) is 3. The number of benzene rings is 1. The van der Waals surface area contributed by atoms with Crippen LogP contribution in [0.1, 0.15) is 25.3 Å². The van der Waals surface area contributed by atoms with Gasteiger partial charge in [-0.1, -0.05) is 18.2 Å². The second kappa shape index (κ2) is 5.87. The Morgan fingerprint density at radius 2 is 2.15 bits per heavy atom. The van der Waals surface area contributed by atoms with Crippen molar-refractivity contribution in [2.24, 2.45) is 11.8 Å². The first kappa shape index (κ1) is 14.3. The fourth-order valence-electron chi connectivity index (χ4n) is 2.61. The van der Waals surface area contributed by atoms with E-state index in [9.17, 15) is 9.59 Å². The van der Waals surface area contributed by atoms with E-state index in [-0.39, 0.29) is 11.7 Å². The molecular formula is C16H18N2O2. The number of amides is 1. The lowest BCUT2D eigenvalue weighted by Gasteiger charge is -2.32. The predicted molar refractivity (Wildman–Crippen MR) is 76.0 cm³/mol. The standard InChI is InChI=1S/C16H18N2O2/c1-11-6-3-4-8-14(11)18-9-5-7-13(16(18)20)15(19)12(2)10-17/h3-4,6,8,12-13H,5,7,9H2,1-2H3/t12-,13-/m0/s1. The van der Waals surface area contributed by atoms with E-state index >= 15 is 0 Å². The van der Waals surface area contributed by atoms with Crippen molar-refractivity contribution >= 4 is 17.4 Å². The number of anilines is 1. The predicted octanol–water partition coefficient (Wildman–Crippen LogP) is 2.47. The molecule has 1 aromatic carbocycles. The number of hydrogen-bond donors (Lipinski definition) is 0. The summed E-state index contributed by atoms with van der Waals surface area (Å²) < 4.78 is 0. The summed E-state index contributed by atoms with van der Waals surface area (Å²) in [6.45, 7) is 4.14. The fraction of sp³-hybridized carbons (Fsp3) is 0.438. The number of para-hydroxylation sites is 1. The SMILES string of the molecule is Cc1ccccc1N1CCC[C@@H](C(=O)[C@@H](C)C#N)C1=O. The van der Waals surface area contributed by atoms with Crippen molar-refractivity contribution in [2.45, 2.75) is 26.7 Å². The minimum absolute atomic E-state index is 0.169. The number of Topliss-reactive ketones (excluding diaryl/α,β-unsaturated/α-hetero) is 1. The van der Waals surface area contributed by atoms with Crippen LogP contribution in [0.25, 0.3) is 0 Å². The monoisotopic (exact) mass is 270 g/mol. The van der Waals surface area contributed by atoms with E-state index in [4.69, 9.17) is 5.26 Å². The molecule has 4 heteroatoms. The van der Waals surface area contributed by atoms with Crippen molar-refractivity contribution in [3.05, 3.63) is 29.8 Å². The van der Waals surface area contributed by atoms with Crippen LogP contribution in [0.5, 0.6) is 0 Å². The molecule has 1 heterocycles. The van der Waals surface area contributed by atoms with Crippen molar-refractivity contribution in [3.8, 4) is 6.07 Å². The summed E-state index contributed by atoms with van der Waals surface area (Å²) in [6.07, 6.45) is 1.33. The number of carbonyl (C=O) groups is 2. The topological polar surface area (TPSA) is 61.2 Å². The quantitative estimate of drug-likeness (QED) is 0.793. The molecule has 2 atom stereocenters. The molecule has 0 N–H and O–H groups in total. The molecule has 0 unspecified atom stereocenters. The smallest absolute Gasteiger partial charge is 0.237 e. The number of piperidine rings is 1. The van der Waals surface area contributed by atoms with Gasteiger partial charge in [0.1, 0.15) is 5.92 Å². The molecule has 2 rings (SSSR count). The van der Waals surface area contributed by atoms with Gasteiger partial charge in [0.15, 0.2) is 5.78 Å². The summed E-state index contributed by atoms with van der Waals surface area (Å²) in [5.74, 6) is -1.81. The molecule has 104 valence electrons. The van der Waals surface area contributed by atoms with Gasteiger partial charge in [-0.15, -0.1) is 0 Å². The van der Waals surface area contributed by atoms with Gasteiger partial charge in [-0.2, -0.15) is 5.26 Å². The van der Waals surface area contributed by atoms with E-state index in [1.165, 1.54) is 0 Å². The number of ketones is 1. The molecule has 1 aliphatic heterocycles. The summed E-state index contributed by atoms with van der Waals surface area (Å²) in [6, 6.07) is 9.59. The first-order valence-electron chi connectivity index (χ1n) is 6.86. The Kier molecular flexibility index (Phi) is 4.19. The summed E-state index contributed by atoms with van der Waals surface area (Å²) >= 11 is 0. The van der Waals surface area contributed by atoms with Gasteiger partial charge in [0.05, 0.1) is 12.0 Å². The molecule has 0 aliphatic carbocycles. The van der Waals surface area contributed by atoms with Gasteiger partial charge >= 0.3 is 0 Å². The lowest BCUT2D eigenvalue weighted by molar-refractivity contribution is -0.135. The van der Waals surface area contributed by atoms with Crippen LogP contribution in [0, 0.1) is 30.1 Å². The number of nitrogens with zero attached hydrogens (tertiary/aromatic N) is 2. The molecule has 1 fully saturated rings. The highest BCUT2D eigenvalue weighted by atomic mass is 16.2. The Balaban J connectivity index is 2.26. The Labute approximate surface area is 119 Å². The van der Waals surface area contributed by atoms with Crippen LogP contribution in [-0.4, -0.2) is 18.2 Å². The molecule has 0 bridgehead atoms. The Morgan fingerprint density at radius 1 is 1.45 bits per heavy atom. The summed E-state index contributed by atoms with van der Waals surface area (Å²) in [4.78, 5) is 26.4. The molecule has 0 radical (unpaired) electrons. The average Bonchev–Trinajstić information content (AvgIpc) is 2.47. The Morgan fingerprint density at radius 3 is 2.80 bits per heavy atom. The number of rotatable bonds is 3. The lowest BCUT2D eigenvalue weighted by atomic mass is 9.87. The van der Waals surface area contributed by atoms with Gasteiger partial charge < -0.3 is 4.90 Å². The third-order valence-electron chi connectivity index (χ3n) is 3.81. The Hall–Kier alpha value is -2.15. The van der Waals surface area contributed by atoms with Crippen molar-refractivity contribution in [3.63, 3.8) is 0 Å². The molecule has 20 heavy (non-hydrogen) atoms. The summed E-state index contributed by atoms with van der Waals surface area (Å²) in [5.41, 5.74) is 1.88. The molecule has 0 spiro atoms. The largest absolute Gasteiger partial charge is 0.312 e. The van der Waals surface area contributed by atoms with Crippen LogP contribution in [0.3, 0.4) is 0 Å². The Bertz CT molecular complexity index is 574. The number of aryl methyl sites for hydroxylation is 1. The molecule has 1 amide bonds. The van der Waals surface area contributed by atoms with Crippen molar-refractivity contribution in [1.29, 1.82) is 5.26 Å². The number of carbonyl (C=O) groups excluding carboxylic acids is 2. The molecule has 1 saturated heterocycles. The maximum absolute atomic E-state index is 12.5. The van der Waals surface area contributed by atoms with Crippen LogP contribution < -0.4 is 4.90 Å². The van der Waals surface area contributed by atoms with Gasteiger partial charge in [0.25, 0.3) is 0 Å². The molecule has 0 saturated carbocycles. The number of nitriles is 1. The highest BCUT2D eigenvalue weighted by Gasteiger charge is 2.36. The first-order chi connectivity index (χ1) is 9.56. The normalized spacial score (nSPS) is 20.4. The van der Waals surface area contributed by atoms with E-state index in [2.05, 4.69) is 0 Å². The van der Waals surface area contributed by atoms with Gasteiger partial charge in [-0.05, 0) is 38.3 Å². The lowest BCUT2D eigenvalue weighted by Crippen LogP contribution is -2.45. The van der Waals surface area contributed by atoms with Crippen molar-refractivity contribution < 1.29 is 9.59 Å². The van der Waals surface area contributed by atoms with Gasteiger partial charge in [-0.3, -0.25) is 9.59 Å². The highest BCUT2D eigenvalue weighted by Crippen LogP contribution is 2.28. The van der Waals surface area contributed by atoms with Gasteiger partial charge in [0, 0.05) is 12.2 Å². The van der Waals surface area contributed by atoms with Crippen LogP contribution in [0.2, 0.25) is 0 Å². The van der Waals surface area contributed by atoms with Gasteiger partial charge in [-0.25, -0.2) is 0 Å². The maximum Gasteiger partial charge on any atom is 0.237 e. The van der Waals surface area contributed by atoms with Crippen LogP contribution in [0.4, 0.5) is 5.69 Å². The zero-order valence-corrected chi connectivity index (χ0v) is 11.8. The average molecular weight is 270 g/mol. The van der Waals surface area contributed by atoms with E-state index in [0.717, 1.165) is 17.7 Å². The zero-order valence-electron chi connectivity index (χ0n) is 11.8. The fourth-order valence-corrected chi connectivity index (χ4v) is 2.61. The molecule has 1 aliphatic rings. The van der Waals surface area contributed by atoms with Gasteiger partial charge in [0.2, 0.25) is 5.91 Å². The molecule has 0 aromatic heterocycles. The van der Waals surface area contributed by atoms with E-state index in [1.807, 2.05) is 37.3 Å². The second-order valence-corrected chi connectivity index (χ2v) is 5.22. The maximum atomic E-state index is 12.5. The minimum atomic E-state index is -0.722. The third-order valence-corrected chi connectivity index (χ3v) is 3.81. The van der Waals surface area contributed by atoms with E-state index in [1.54, 1.807) is 11.8 Å². The third kappa shape index (κ3) is 2.57. The molecule has 1 aromatic rings. The first-order valence-corrected chi connectivity index (χ1v) is 6.86. The van der Waals surface area contributed by atoms with Crippen molar-refractivity contribution in [1.82, 2.24) is 0 Å². The van der Waals surface area contributed by atoms with Crippen LogP contribution in [0.15, 0.2) is 24.3 Å². The highest BCUT2D eigenvalue weighted by molar-refractivity contribution is 6.10. The second-order valence-electron chi connectivity index (χ2n) is 5.22. The van der Waals surface area contributed by atoms with E-state index in [0.29, 0.717) is 13.0 Å². The van der Waals surface area contributed by atoms with Crippen molar-refractivity contribution in [2.75, 3.05) is 11.4 Å². The minimum Gasteiger partial charge on any atom is -0.312 e. The van der Waals surface area contributed by atoms with Crippen LogP contribution >= 0.6 is 0 Å². The molecular weight excluding hydrogens is 252 g/mol. The zero-order chi connectivity index (χ0) is 14.7. The van der Waals surface area contributed by atoms with E-state index < -0.39 is 11.8 Å². The summed E-state index contributed by atoms with van der Waals surface area (Å²) in [7, 11) is 0. The summed E-state index contributed by atoms with van der Waals surface area (Å²) in [5, 5.41) is 8.85. The van der Waals surface area contributed by atoms with Crippen LogP contribution in [-0.2, 0) is 9.59 Å². The molecule has 4 nitrogen and oxygen atoms in total.